The molecule has 2 fully saturated rings. The van der Waals surface area contributed by atoms with Gasteiger partial charge in [0.1, 0.15) is 0 Å². The molecule has 1 aromatic carbocycles. The van der Waals surface area contributed by atoms with Gasteiger partial charge in [0.25, 0.3) is 5.91 Å². The van der Waals surface area contributed by atoms with E-state index in [1.807, 2.05) is 19.2 Å². The van der Waals surface area contributed by atoms with Gasteiger partial charge in [-0.2, -0.15) is 0 Å². The van der Waals surface area contributed by atoms with Gasteiger partial charge in [0, 0.05) is 30.3 Å². The molecule has 1 saturated carbocycles. The van der Waals surface area contributed by atoms with Crippen LogP contribution in [-0.2, 0) is 6.54 Å². The number of hydrogen-bond donors (Lipinski definition) is 2. The van der Waals surface area contributed by atoms with Gasteiger partial charge in [0.2, 0.25) is 0 Å². The van der Waals surface area contributed by atoms with Crippen molar-refractivity contribution in [2.24, 2.45) is 5.73 Å². The summed E-state index contributed by atoms with van der Waals surface area (Å²) in [6.07, 6.45) is 7.52. The summed E-state index contributed by atoms with van der Waals surface area (Å²) in [5, 5.41) is 10.3. The maximum Gasteiger partial charge on any atom is 0.250 e. The molecular formula is C26H35N3O2. The molecule has 1 aliphatic carbocycles. The number of nitrogens with two attached hydrogens (primary N) is 1. The molecule has 1 amide bonds. The van der Waals surface area contributed by atoms with Gasteiger partial charge in [-0.25, -0.2) is 0 Å². The van der Waals surface area contributed by atoms with Gasteiger partial charge in [-0.05, 0) is 88.6 Å². The van der Waals surface area contributed by atoms with Crippen LogP contribution in [0, 0.1) is 6.92 Å². The van der Waals surface area contributed by atoms with Crippen LogP contribution in [0.3, 0.4) is 0 Å². The number of benzene rings is 1. The number of carbonyl (C=O) groups excluding carboxylic acids is 1. The fraction of sp³-hybridized carbons (Fsp3) is 0.538. The number of amides is 1. The van der Waals surface area contributed by atoms with Crippen LogP contribution in [0.2, 0.25) is 0 Å². The van der Waals surface area contributed by atoms with Crippen LogP contribution in [0.25, 0.3) is 11.1 Å². The SMILES string of the molecule is Cc1cc(CN2CCCC2C)ccc1-c1cnc(C2CCC(C)(O)CC2)c(C(N)=O)c1. The molecule has 31 heavy (non-hydrogen) atoms. The molecule has 1 aliphatic heterocycles. The number of carbonyl (C=O) groups is 1. The van der Waals surface area contributed by atoms with Crippen molar-refractivity contribution in [3.63, 3.8) is 0 Å². The molecule has 1 saturated heterocycles. The Hall–Kier alpha value is -2.24. The molecule has 2 aliphatic rings. The van der Waals surface area contributed by atoms with Crippen LogP contribution >= 0.6 is 0 Å². The van der Waals surface area contributed by atoms with E-state index in [0.717, 1.165) is 49.0 Å². The number of likely N-dealkylation sites (tertiary alicyclic amines) is 1. The van der Waals surface area contributed by atoms with Crippen LogP contribution in [0.5, 0.6) is 0 Å². The Kier molecular flexibility index (Phi) is 6.18. The van der Waals surface area contributed by atoms with E-state index in [4.69, 9.17) is 10.7 Å². The molecule has 0 spiro atoms. The number of pyridine rings is 1. The summed E-state index contributed by atoms with van der Waals surface area (Å²) < 4.78 is 0. The predicted octanol–water partition coefficient (Wildman–Crippen LogP) is 4.55. The molecule has 1 unspecified atom stereocenters. The van der Waals surface area contributed by atoms with E-state index >= 15 is 0 Å². The van der Waals surface area contributed by atoms with Crippen LogP contribution < -0.4 is 5.73 Å². The van der Waals surface area contributed by atoms with E-state index in [0.29, 0.717) is 11.6 Å². The van der Waals surface area contributed by atoms with Gasteiger partial charge < -0.3 is 10.8 Å². The Morgan fingerprint density at radius 3 is 2.61 bits per heavy atom. The van der Waals surface area contributed by atoms with Gasteiger partial charge in [0.05, 0.1) is 16.9 Å². The molecule has 166 valence electrons. The molecule has 2 heterocycles. The van der Waals surface area contributed by atoms with Crippen molar-refractivity contribution >= 4 is 5.91 Å². The van der Waals surface area contributed by atoms with Crippen molar-refractivity contribution in [3.8, 4) is 11.1 Å². The predicted molar refractivity (Wildman–Crippen MR) is 124 cm³/mol. The van der Waals surface area contributed by atoms with Gasteiger partial charge in [-0.1, -0.05) is 18.2 Å². The fourth-order valence-corrected chi connectivity index (χ4v) is 5.27. The zero-order valence-corrected chi connectivity index (χ0v) is 19.0. The Bertz CT molecular complexity index is 959. The summed E-state index contributed by atoms with van der Waals surface area (Å²) >= 11 is 0. The number of hydrogen-bond acceptors (Lipinski definition) is 4. The van der Waals surface area contributed by atoms with E-state index in [2.05, 4.69) is 36.9 Å². The zero-order valence-electron chi connectivity index (χ0n) is 19.0. The molecular weight excluding hydrogens is 386 g/mol. The minimum Gasteiger partial charge on any atom is -0.390 e. The van der Waals surface area contributed by atoms with Crippen LogP contribution in [0.4, 0.5) is 0 Å². The van der Waals surface area contributed by atoms with Crippen molar-refractivity contribution in [1.29, 1.82) is 0 Å². The lowest BCUT2D eigenvalue weighted by molar-refractivity contribution is 0.0168. The lowest BCUT2D eigenvalue weighted by atomic mass is 9.77. The summed E-state index contributed by atoms with van der Waals surface area (Å²) in [7, 11) is 0. The number of aromatic nitrogens is 1. The first-order valence-corrected chi connectivity index (χ1v) is 11.6. The van der Waals surface area contributed by atoms with E-state index in [9.17, 15) is 9.90 Å². The Morgan fingerprint density at radius 2 is 2.00 bits per heavy atom. The van der Waals surface area contributed by atoms with Gasteiger partial charge in [0.15, 0.2) is 0 Å². The molecule has 3 N–H and O–H groups in total. The third-order valence-electron chi connectivity index (χ3n) is 7.31. The van der Waals surface area contributed by atoms with Crippen LogP contribution in [0.15, 0.2) is 30.5 Å². The second-order valence-corrected chi connectivity index (χ2v) is 9.90. The molecule has 0 bridgehead atoms. The maximum absolute atomic E-state index is 12.3. The second-order valence-electron chi connectivity index (χ2n) is 9.90. The number of rotatable bonds is 5. The molecule has 4 rings (SSSR count). The summed E-state index contributed by atoms with van der Waals surface area (Å²) in [6.45, 7) is 8.46. The summed E-state index contributed by atoms with van der Waals surface area (Å²) in [4.78, 5) is 19.5. The molecule has 1 aromatic heterocycles. The van der Waals surface area contributed by atoms with Gasteiger partial charge in [-0.3, -0.25) is 14.7 Å². The summed E-state index contributed by atoms with van der Waals surface area (Å²) in [5.74, 6) is -0.262. The quantitative estimate of drug-likeness (QED) is 0.742. The van der Waals surface area contributed by atoms with Crippen LogP contribution in [-0.4, -0.2) is 39.1 Å². The Balaban J connectivity index is 1.58. The van der Waals surface area contributed by atoms with Crippen molar-refractivity contribution in [2.75, 3.05) is 6.54 Å². The van der Waals surface area contributed by atoms with E-state index in [1.165, 1.54) is 30.5 Å². The highest BCUT2D eigenvalue weighted by molar-refractivity contribution is 5.95. The first-order chi connectivity index (χ1) is 14.7. The third-order valence-corrected chi connectivity index (χ3v) is 7.31. The molecule has 1 atom stereocenters. The zero-order chi connectivity index (χ0) is 22.2. The third kappa shape index (κ3) is 4.83. The summed E-state index contributed by atoms with van der Waals surface area (Å²) in [5.41, 5.74) is 11.0. The van der Waals surface area contributed by atoms with Crippen LogP contribution in [0.1, 0.15) is 85.5 Å². The van der Waals surface area contributed by atoms with Gasteiger partial charge >= 0.3 is 0 Å². The van der Waals surface area contributed by atoms with Crippen molar-refractivity contribution in [2.45, 2.75) is 83.4 Å². The highest BCUT2D eigenvalue weighted by atomic mass is 16.3. The largest absolute Gasteiger partial charge is 0.390 e. The van der Waals surface area contributed by atoms with Crippen molar-refractivity contribution in [1.82, 2.24) is 9.88 Å². The fourth-order valence-electron chi connectivity index (χ4n) is 5.27. The summed E-state index contributed by atoms with van der Waals surface area (Å²) in [6, 6.07) is 9.14. The Morgan fingerprint density at radius 1 is 1.26 bits per heavy atom. The van der Waals surface area contributed by atoms with E-state index < -0.39 is 11.5 Å². The number of aliphatic hydroxyl groups is 1. The molecule has 5 nitrogen and oxygen atoms in total. The number of aryl methyl sites for hydroxylation is 1. The van der Waals surface area contributed by atoms with E-state index in [1.54, 1.807) is 0 Å². The molecule has 0 radical (unpaired) electrons. The highest BCUT2D eigenvalue weighted by Gasteiger charge is 2.32. The topological polar surface area (TPSA) is 79.4 Å². The number of primary amides is 1. The minimum absolute atomic E-state index is 0.169. The first-order valence-electron chi connectivity index (χ1n) is 11.6. The minimum atomic E-state index is -0.616. The van der Waals surface area contributed by atoms with E-state index in [-0.39, 0.29) is 5.92 Å². The van der Waals surface area contributed by atoms with Crippen molar-refractivity contribution < 1.29 is 9.90 Å². The van der Waals surface area contributed by atoms with Crippen molar-refractivity contribution in [3.05, 3.63) is 52.8 Å². The smallest absolute Gasteiger partial charge is 0.250 e. The first kappa shape index (κ1) is 22.0. The number of nitrogens with zero attached hydrogens (tertiary/aromatic N) is 2. The second kappa shape index (κ2) is 8.71. The molecule has 5 heteroatoms. The standard InChI is InChI=1S/C26H35N3O2/c1-17-13-19(16-29-12-4-5-18(29)2)6-7-22(17)21-14-23(25(27)30)24(28-15-21)20-8-10-26(3,31)11-9-20/h6-7,13-15,18,20,31H,4-5,8-12,16H2,1-3H3,(H2,27,30). The average molecular weight is 422 g/mol. The lowest BCUT2D eigenvalue weighted by Crippen LogP contribution is -2.30. The lowest BCUT2D eigenvalue weighted by Gasteiger charge is -2.33. The monoisotopic (exact) mass is 421 g/mol. The maximum atomic E-state index is 12.3. The normalized spacial score (nSPS) is 26.8. The Labute approximate surface area is 185 Å². The van der Waals surface area contributed by atoms with Gasteiger partial charge in [-0.15, -0.1) is 0 Å². The average Bonchev–Trinajstić information content (AvgIpc) is 3.12. The highest BCUT2D eigenvalue weighted by Crippen LogP contribution is 2.39. The molecule has 2 aromatic rings.